The summed E-state index contributed by atoms with van der Waals surface area (Å²) in [7, 11) is 8.02. The molecular weight excluding hydrogens is 233 g/mol. The van der Waals surface area contributed by atoms with E-state index in [1.54, 1.807) is 11.8 Å². The molecule has 1 unspecified atom stereocenters. The molecule has 0 N–H and O–H groups in total. The molecule has 1 aliphatic carbocycles. The summed E-state index contributed by atoms with van der Waals surface area (Å²) in [5.74, 6) is 0.102. The average Bonchev–Trinajstić information content (AvgIpc) is 2.50. The van der Waals surface area contributed by atoms with Gasteiger partial charge >= 0.3 is 0 Å². The van der Waals surface area contributed by atoms with E-state index in [2.05, 4.69) is 13.8 Å². The second kappa shape index (κ2) is 10.1. The van der Waals surface area contributed by atoms with Gasteiger partial charge in [-0.25, -0.2) is 0 Å². The van der Waals surface area contributed by atoms with Crippen molar-refractivity contribution in [3.05, 3.63) is 11.3 Å². The predicted molar refractivity (Wildman–Crippen MR) is 86.4 cm³/mol. The molecule has 19 heavy (non-hydrogen) atoms. The fraction of sp³-hybridized carbons (Fsp3) is 0.812. The van der Waals surface area contributed by atoms with E-state index in [0.29, 0.717) is 0 Å². The minimum Gasteiger partial charge on any atom is -0.320 e. The van der Waals surface area contributed by atoms with E-state index in [4.69, 9.17) is 7.85 Å². The lowest BCUT2D eigenvalue weighted by atomic mass is 9.65. The Kier molecular flexibility index (Phi) is 11.0. The Bertz CT molecular complexity index is 295. The van der Waals surface area contributed by atoms with Crippen LogP contribution in [0.15, 0.2) is 11.3 Å². The molecule has 2 radical (unpaired) electrons. The summed E-state index contributed by atoms with van der Waals surface area (Å²) in [4.78, 5) is 13.1. The van der Waals surface area contributed by atoms with Gasteiger partial charge in [-0.1, -0.05) is 51.9 Å². The Morgan fingerprint density at radius 2 is 1.74 bits per heavy atom. The Morgan fingerprint density at radius 3 is 2.16 bits per heavy atom. The molecule has 2 nitrogen and oxygen atoms in total. The zero-order chi connectivity index (χ0) is 15.6. The van der Waals surface area contributed by atoms with Gasteiger partial charge in [0.1, 0.15) is 0 Å². The molecule has 0 aromatic heterocycles. The van der Waals surface area contributed by atoms with Crippen molar-refractivity contribution in [2.75, 3.05) is 7.05 Å². The van der Waals surface area contributed by atoms with Crippen LogP contribution in [0.3, 0.4) is 0 Å². The highest BCUT2D eigenvalue weighted by Crippen LogP contribution is 2.40. The third kappa shape index (κ3) is 7.44. The molecule has 0 saturated heterocycles. The first kappa shape index (κ1) is 20.6. The first-order valence-electron chi connectivity index (χ1n) is 7.55. The monoisotopic (exact) mass is 265 g/mol. The van der Waals surface area contributed by atoms with Gasteiger partial charge in [-0.3, -0.25) is 4.79 Å². The lowest BCUT2D eigenvalue weighted by Gasteiger charge is -2.24. The normalized spacial score (nSPS) is 22.3. The van der Waals surface area contributed by atoms with E-state index in [1.165, 1.54) is 5.57 Å². The highest BCUT2D eigenvalue weighted by atomic mass is 16.2. The van der Waals surface area contributed by atoms with E-state index < -0.39 is 0 Å². The van der Waals surface area contributed by atoms with Gasteiger partial charge in [0.05, 0.1) is 7.85 Å². The lowest BCUT2D eigenvalue weighted by molar-refractivity contribution is -0.126. The van der Waals surface area contributed by atoms with Gasteiger partial charge in [0.2, 0.25) is 5.91 Å². The molecule has 0 spiro atoms. The summed E-state index contributed by atoms with van der Waals surface area (Å²) in [5.41, 5.74) is 2.42. The van der Waals surface area contributed by atoms with Crippen LogP contribution < -0.4 is 0 Å². The maximum atomic E-state index is 11.3. The number of allylic oxidation sites excluding steroid dienone is 2. The zero-order valence-electron chi connectivity index (χ0n) is 14.3. The standard InChI is InChI=1S/C12H20BNO.2C2H6/c1-9-8-12(3,13)7-5-6-11(9)14(4)10(2)15;2*1-2/h5-8H2,1-4H3;2*1-2H3. The van der Waals surface area contributed by atoms with Crippen LogP contribution in [-0.4, -0.2) is 25.7 Å². The molecular formula is C16H32BNO. The summed E-state index contributed by atoms with van der Waals surface area (Å²) in [6.45, 7) is 13.8. The number of hydrogen-bond donors (Lipinski definition) is 0. The molecule has 0 saturated carbocycles. The van der Waals surface area contributed by atoms with Crippen LogP contribution in [0.4, 0.5) is 0 Å². The topological polar surface area (TPSA) is 20.3 Å². The second-order valence-electron chi connectivity index (χ2n) is 4.99. The van der Waals surface area contributed by atoms with E-state index in [9.17, 15) is 4.79 Å². The zero-order valence-corrected chi connectivity index (χ0v) is 14.3. The molecule has 3 heteroatoms. The highest BCUT2D eigenvalue weighted by Gasteiger charge is 2.24. The maximum absolute atomic E-state index is 11.3. The van der Waals surface area contributed by atoms with Crippen molar-refractivity contribution < 1.29 is 4.79 Å². The van der Waals surface area contributed by atoms with Gasteiger partial charge in [-0.05, 0) is 26.2 Å². The van der Waals surface area contributed by atoms with E-state index in [0.717, 1.165) is 31.4 Å². The molecule has 1 rings (SSSR count). The summed E-state index contributed by atoms with van der Waals surface area (Å²) >= 11 is 0. The van der Waals surface area contributed by atoms with Crippen molar-refractivity contribution in [1.29, 1.82) is 0 Å². The van der Waals surface area contributed by atoms with Gasteiger partial charge in [-0.15, -0.1) is 0 Å². The minimum absolute atomic E-state index is 0.102. The van der Waals surface area contributed by atoms with Crippen molar-refractivity contribution >= 4 is 13.8 Å². The summed E-state index contributed by atoms with van der Waals surface area (Å²) in [6.07, 6.45) is 3.95. The lowest BCUT2D eigenvalue weighted by Crippen LogP contribution is -2.24. The van der Waals surface area contributed by atoms with Crippen molar-refractivity contribution in [3.63, 3.8) is 0 Å². The first-order valence-corrected chi connectivity index (χ1v) is 7.55. The molecule has 1 amide bonds. The van der Waals surface area contributed by atoms with Gasteiger partial charge < -0.3 is 4.90 Å². The average molecular weight is 265 g/mol. The minimum atomic E-state index is -0.108. The highest BCUT2D eigenvalue weighted by molar-refractivity contribution is 6.15. The van der Waals surface area contributed by atoms with Crippen LogP contribution in [0.25, 0.3) is 0 Å². The van der Waals surface area contributed by atoms with Crippen LogP contribution in [0.5, 0.6) is 0 Å². The van der Waals surface area contributed by atoms with E-state index >= 15 is 0 Å². The number of nitrogens with zero attached hydrogens (tertiary/aromatic N) is 1. The Hall–Kier alpha value is -0.725. The summed E-state index contributed by atoms with van der Waals surface area (Å²) in [5, 5.41) is -0.108. The smallest absolute Gasteiger partial charge is 0.223 e. The van der Waals surface area contributed by atoms with Crippen LogP contribution in [-0.2, 0) is 4.79 Å². The summed E-state index contributed by atoms with van der Waals surface area (Å²) in [6, 6.07) is 0. The van der Waals surface area contributed by atoms with E-state index in [1.807, 2.05) is 34.7 Å². The molecule has 0 aromatic rings. The fourth-order valence-electron chi connectivity index (χ4n) is 2.31. The third-order valence-corrected chi connectivity index (χ3v) is 3.20. The van der Waals surface area contributed by atoms with Crippen LogP contribution in [0, 0.1) is 0 Å². The van der Waals surface area contributed by atoms with Gasteiger partial charge in [0, 0.05) is 19.7 Å². The molecule has 0 heterocycles. The molecule has 1 aliphatic rings. The van der Waals surface area contributed by atoms with E-state index in [-0.39, 0.29) is 11.2 Å². The quantitative estimate of drug-likeness (QED) is 0.628. The Morgan fingerprint density at radius 1 is 1.26 bits per heavy atom. The van der Waals surface area contributed by atoms with Crippen molar-refractivity contribution in [2.45, 2.75) is 79.5 Å². The van der Waals surface area contributed by atoms with Crippen molar-refractivity contribution in [1.82, 2.24) is 4.90 Å². The predicted octanol–water partition coefficient (Wildman–Crippen LogP) is 4.71. The first-order chi connectivity index (χ1) is 8.83. The third-order valence-electron chi connectivity index (χ3n) is 3.20. The molecule has 0 aliphatic heterocycles. The number of rotatable bonds is 1. The van der Waals surface area contributed by atoms with Crippen molar-refractivity contribution in [3.8, 4) is 0 Å². The summed E-state index contributed by atoms with van der Waals surface area (Å²) < 4.78 is 0. The number of carbonyl (C=O) groups is 1. The number of carbonyl (C=O) groups excluding carboxylic acids is 1. The molecule has 0 bridgehead atoms. The fourth-order valence-corrected chi connectivity index (χ4v) is 2.31. The second-order valence-corrected chi connectivity index (χ2v) is 4.99. The van der Waals surface area contributed by atoms with Crippen molar-refractivity contribution in [2.24, 2.45) is 0 Å². The van der Waals surface area contributed by atoms with Gasteiger partial charge in [-0.2, -0.15) is 0 Å². The molecule has 0 aromatic carbocycles. The molecule has 0 fully saturated rings. The molecule has 110 valence electrons. The number of hydrogen-bond acceptors (Lipinski definition) is 1. The van der Waals surface area contributed by atoms with Crippen LogP contribution >= 0.6 is 0 Å². The largest absolute Gasteiger partial charge is 0.320 e. The number of amides is 1. The maximum Gasteiger partial charge on any atom is 0.223 e. The van der Waals surface area contributed by atoms with Gasteiger partial charge in [0.25, 0.3) is 0 Å². The van der Waals surface area contributed by atoms with Crippen LogP contribution in [0.1, 0.15) is 74.1 Å². The molecule has 1 atom stereocenters. The Labute approximate surface area is 122 Å². The van der Waals surface area contributed by atoms with Crippen LogP contribution in [0.2, 0.25) is 5.31 Å². The Balaban J connectivity index is 0. The van der Waals surface area contributed by atoms with Gasteiger partial charge in [0.15, 0.2) is 0 Å². The SMILES string of the molecule is CC.CC.[B]C1(C)CCCC(N(C)C(C)=O)=C(C)C1.